The van der Waals surface area contributed by atoms with E-state index in [2.05, 4.69) is 8.27 Å². The van der Waals surface area contributed by atoms with Crippen LogP contribution in [0.15, 0.2) is 18.5 Å². The second-order valence-corrected chi connectivity index (χ2v) is 2.64. The summed E-state index contributed by atoms with van der Waals surface area (Å²) in [6.07, 6.45) is 2.83. The highest BCUT2D eigenvalue weighted by Gasteiger charge is 2.12. The van der Waals surface area contributed by atoms with Gasteiger partial charge in [-0.15, -0.1) is 5.10 Å². The van der Waals surface area contributed by atoms with Crippen molar-refractivity contribution in [2.24, 2.45) is 0 Å². The fourth-order valence-corrected chi connectivity index (χ4v) is 0.916. The standard InChI is InChI=1S/C3H3IN2O3/c7-4(8)9-6-3-1-2-5-6/h1-3H. The summed E-state index contributed by atoms with van der Waals surface area (Å²) in [5.41, 5.74) is 0. The Labute approximate surface area is 59.9 Å². The Balaban J connectivity index is 2.48. The highest BCUT2D eigenvalue weighted by Crippen LogP contribution is 1.73. The maximum atomic E-state index is 9.91. The third-order valence-corrected chi connectivity index (χ3v) is 1.33. The molecule has 6 heteroatoms. The molecule has 50 valence electrons. The molecular weight excluding hydrogens is 239 g/mol. The molecule has 0 saturated carbocycles. The zero-order valence-corrected chi connectivity index (χ0v) is 6.39. The Morgan fingerprint density at radius 2 is 2.33 bits per heavy atom. The zero-order chi connectivity index (χ0) is 6.69. The predicted octanol–water partition coefficient (Wildman–Crippen LogP) is -5.60. The van der Waals surface area contributed by atoms with Crippen molar-refractivity contribution in [2.45, 2.75) is 0 Å². The minimum atomic E-state index is -3.61. The highest BCUT2D eigenvalue weighted by atomic mass is 127. The summed E-state index contributed by atoms with van der Waals surface area (Å²) in [6, 6.07) is 1.57. The molecule has 0 radical (unpaired) electrons. The summed E-state index contributed by atoms with van der Waals surface area (Å²) < 4.78 is 24.0. The molecule has 9 heavy (non-hydrogen) atoms. The Morgan fingerprint density at radius 1 is 1.56 bits per heavy atom. The molecule has 5 nitrogen and oxygen atoms in total. The number of nitrogens with zero attached hydrogens (tertiary/aromatic N) is 2. The largest absolute Gasteiger partial charge is 0.605 e. The van der Waals surface area contributed by atoms with E-state index in [9.17, 15) is 6.87 Å². The molecule has 0 aliphatic carbocycles. The molecule has 0 unspecified atom stereocenters. The summed E-state index contributed by atoms with van der Waals surface area (Å²) in [5, 5.41) is 3.49. The fraction of sp³-hybridized carbons (Fsp3) is 0. The van der Waals surface area contributed by atoms with Crippen LogP contribution in [0.3, 0.4) is 0 Å². The quantitative estimate of drug-likeness (QED) is 0.485. The monoisotopic (exact) mass is 242 g/mol. The molecule has 0 N–H and O–H groups in total. The minimum absolute atomic E-state index is 0.894. The van der Waals surface area contributed by atoms with Gasteiger partial charge in [-0.1, -0.05) is 0 Å². The first kappa shape index (κ1) is 6.78. The lowest BCUT2D eigenvalue weighted by Crippen LogP contribution is -4.01. The van der Waals surface area contributed by atoms with Crippen molar-refractivity contribution in [3.8, 4) is 0 Å². The number of hydrogen-bond donors (Lipinski definition) is 0. The lowest BCUT2D eigenvalue weighted by Gasteiger charge is -1.88. The van der Waals surface area contributed by atoms with Gasteiger partial charge >= 0.3 is 21.1 Å². The molecule has 1 aromatic rings. The molecule has 0 bridgehead atoms. The Bertz CT molecular complexity index is 164. The first-order valence-corrected chi connectivity index (χ1v) is 4.67. The van der Waals surface area contributed by atoms with Crippen LogP contribution in [-0.2, 0) is 0 Å². The molecular formula is C3H3IN2O3. The summed E-state index contributed by atoms with van der Waals surface area (Å²) in [7, 11) is 0. The van der Waals surface area contributed by atoms with Gasteiger partial charge in [0.25, 0.3) is 0 Å². The van der Waals surface area contributed by atoms with Crippen molar-refractivity contribution in [2.75, 3.05) is 0 Å². The fourth-order valence-electron chi connectivity index (χ4n) is 0.353. The second-order valence-electron chi connectivity index (χ2n) is 1.17. The zero-order valence-electron chi connectivity index (χ0n) is 4.23. The third-order valence-electron chi connectivity index (χ3n) is 0.607. The SMILES string of the molecule is [O-][I+2]([O-])On1cccn1. The van der Waals surface area contributed by atoms with E-state index in [1.807, 2.05) is 0 Å². The number of rotatable bonds is 2. The molecule has 1 heterocycles. The summed E-state index contributed by atoms with van der Waals surface area (Å²) >= 11 is -3.61. The first-order chi connectivity index (χ1) is 4.29. The van der Waals surface area contributed by atoms with Crippen LogP contribution in [0, 0.1) is 0 Å². The lowest BCUT2D eigenvalue weighted by molar-refractivity contribution is -1.63. The van der Waals surface area contributed by atoms with E-state index in [0.717, 1.165) is 4.85 Å². The van der Waals surface area contributed by atoms with E-state index < -0.39 is 21.1 Å². The topological polar surface area (TPSA) is 73.2 Å². The number of halogens is 1. The van der Waals surface area contributed by atoms with Gasteiger partial charge in [-0.05, 0) is 14.1 Å². The average Bonchev–Trinajstić information content (AvgIpc) is 2.15. The van der Waals surface area contributed by atoms with Gasteiger partial charge in [-0.3, -0.25) is 0 Å². The summed E-state index contributed by atoms with van der Waals surface area (Å²) in [6.45, 7) is 0. The van der Waals surface area contributed by atoms with E-state index >= 15 is 0 Å². The smallest absolute Gasteiger partial charge is 0.383 e. The summed E-state index contributed by atoms with van der Waals surface area (Å²) in [5.74, 6) is 0. The van der Waals surface area contributed by atoms with E-state index in [0.29, 0.717) is 0 Å². The Morgan fingerprint density at radius 3 is 2.78 bits per heavy atom. The van der Waals surface area contributed by atoms with E-state index in [-0.39, 0.29) is 0 Å². The van der Waals surface area contributed by atoms with Gasteiger partial charge in [0.05, 0.1) is 12.4 Å². The molecule has 1 aromatic heterocycles. The van der Waals surface area contributed by atoms with E-state index in [1.54, 1.807) is 6.07 Å². The van der Waals surface area contributed by atoms with Gasteiger partial charge < -0.3 is 6.87 Å². The molecule has 1 rings (SSSR count). The maximum absolute atomic E-state index is 9.91. The van der Waals surface area contributed by atoms with E-state index in [1.165, 1.54) is 12.4 Å². The molecule has 0 aromatic carbocycles. The third kappa shape index (κ3) is 2.16. The van der Waals surface area contributed by atoms with Crippen molar-refractivity contribution < 1.29 is 31.1 Å². The van der Waals surface area contributed by atoms with Crippen LogP contribution in [0.4, 0.5) is 0 Å². The van der Waals surface area contributed by atoms with Crippen LogP contribution in [0.1, 0.15) is 0 Å². The van der Waals surface area contributed by atoms with Crippen LogP contribution >= 0.6 is 0 Å². The normalized spacial score (nSPS) is 10.1. The molecule has 0 aliphatic rings. The van der Waals surface area contributed by atoms with Crippen LogP contribution in [0.2, 0.25) is 0 Å². The molecule has 0 amide bonds. The lowest BCUT2D eigenvalue weighted by atomic mass is 10.8. The maximum Gasteiger partial charge on any atom is 0.605 e. The first-order valence-electron chi connectivity index (χ1n) is 2.03. The average molecular weight is 242 g/mol. The van der Waals surface area contributed by atoms with Crippen LogP contribution in [0.25, 0.3) is 0 Å². The van der Waals surface area contributed by atoms with Gasteiger partial charge in [0.1, 0.15) is 0 Å². The van der Waals surface area contributed by atoms with Gasteiger partial charge in [0, 0.05) is 0 Å². The number of hydrogen-bond acceptors (Lipinski definition) is 4. The molecule has 0 saturated heterocycles. The summed E-state index contributed by atoms with van der Waals surface area (Å²) in [4.78, 5) is 0.894. The van der Waals surface area contributed by atoms with Gasteiger partial charge in [0.2, 0.25) is 0 Å². The van der Waals surface area contributed by atoms with Crippen LogP contribution in [0.5, 0.6) is 0 Å². The van der Waals surface area contributed by atoms with Crippen molar-refractivity contribution >= 4 is 0 Å². The van der Waals surface area contributed by atoms with Crippen molar-refractivity contribution in [1.29, 1.82) is 0 Å². The highest BCUT2D eigenvalue weighted by molar-refractivity contribution is 4.74. The Kier molecular flexibility index (Phi) is 2.25. The van der Waals surface area contributed by atoms with Crippen LogP contribution in [-0.4, -0.2) is 9.94 Å². The Hall–Kier alpha value is -0.340. The second kappa shape index (κ2) is 2.99. The minimum Gasteiger partial charge on any atom is -0.383 e. The molecule has 0 atom stereocenters. The van der Waals surface area contributed by atoms with Crippen molar-refractivity contribution in [1.82, 2.24) is 9.94 Å². The van der Waals surface area contributed by atoms with E-state index in [4.69, 9.17) is 0 Å². The van der Waals surface area contributed by atoms with Gasteiger partial charge in [0.15, 0.2) is 0 Å². The molecule has 0 aliphatic heterocycles. The molecule has 0 spiro atoms. The van der Waals surface area contributed by atoms with Gasteiger partial charge in [-0.2, -0.15) is 0 Å². The predicted molar refractivity (Wildman–Crippen MR) is 18.8 cm³/mol. The number of aromatic nitrogens is 2. The molecule has 0 fully saturated rings. The van der Waals surface area contributed by atoms with Crippen molar-refractivity contribution in [3.05, 3.63) is 18.5 Å². The van der Waals surface area contributed by atoms with Gasteiger partial charge in [-0.25, -0.2) is 0 Å². The van der Waals surface area contributed by atoms with Crippen LogP contribution < -0.4 is 31.1 Å². The van der Waals surface area contributed by atoms with Crippen molar-refractivity contribution in [3.63, 3.8) is 0 Å².